The molecule has 30 heavy (non-hydrogen) atoms. The van der Waals surface area contributed by atoms with Crippen molar-refractivity contribution in [2.24, 2.45) is 0 Å². The fraction of sp³-hybridized carbons (Fsp3) is 0.348. The first-order chi connectivity index (χ1) is 14.6. The van der Waals surface area contributed by atoms with E-state index in [2.05, 4.69) is 15.2 Å². The molecule has 2 aromatic carbocycles. The van der Waals surface area contributed by atoms with E-state index in [1.54, 1.807) is 6.07 Å². The van der Waals surface area contributed by atoms with Crippen molar-refractivity contribution < 1.29 is 9.53 Å². The van der Waals surface area contributed by atoms with Crippen LogP contribution in [0.4, 0.5) is 5.69 Å². The predicted octanol–water partition coefficient (Wildman–Crippen LogP) is 2.57. The molecule has 1 saturated heterocycles. The number of carbonyl (C=O) groups is 1. The van der Waals surface area contributed by atoms with E-state index in [4.69, 9.17) is 4.74 Å². The number of hydrogen-bond donors (Lipinski definition) is 1. The van der Waals surface area contributed by atoms with Crippen LogP contribution in [-0.2, 0) is 22.6 Å². The first-order valence-corrected chi connectivity index (χ1v) is 10.2. The van der Waals surface area contributed by atoms with Gasteiger partial charge in [0.25, 0.3) is 5.56 Å². The fourth-order valence-electron chi connectivity index (χ4n) is 3.65. The maximum atomic E-state index is 12.6. The number of amides is 1. The number of carbonyl (C=O) groups excluding carboxylic acids is 1. The SMILES string of the molecule is Cc1cccc2c(=O)n(CCC(=O)Nc3ccc(CN4CCOCC4)cc3)cnc12. The van der Waals surface area contributed by atoms with Gasteiger partial charge in [-0.3, -0.25) is 19.1 Å². The minimum absolute atomic E-state index is 0.121. The Morgan fingerprint density at radius 3 is 2.67 bits per heavy atom. The van der Waals surface area contributed by atoms with Crippen molar-refractivity contribution in [1.82, 2.24) is 14.5 Å². The minimum atomic E-state index is -0.132. The zero-order chi connectivity index (χ0) is 20.9. The lowest BCUT2D eigenvalue weighted by atomic mass is 10.1. The molecule has 1 aliphatic rings. The lowest BCUT2D eigenvalue weighted by Gasteiger charge is -2.26. The van der Waals surface area contributed by atoms with Crippen molar-refractivity contribution >= 4 is 22.5 Å². The zero-order valence-corrected chi connectivity index (χ0v) is 17.1. The molecule has 1 fully saturated rings. The Morgan fingerprint density at radius 1 is 1.13 bits per heavy atom. The third-order valence-electron chi connectivity index (χ3n) is 5.38. The quantitative estimate of drug-likeness (QED) is 0.681. The van der Waals surface area contributed by atoms with Gasteiger partial charge in [0.2, 0.25) is 5.91 Å². The van der Waals surface area contributed by atoms with Crippen molar-refractivity contribution in [3.63, 3.8) is 0 Å². The molecule has 7 nitrogen and oxygen atoms in total. The normalized spacial score (nSPS) is 14.7. The number of anilines is 1. The van der Waals surface area contributed by atoms with Crippen LogP contribution >= 0.6 is 0 Å². The zero-order valence-electron chi connectivity index (χ0n) is 17.1. The van der Waals surface area contributed by atoms with Gasteiger partial charge in [-0.2, -0.15) is 0 Å². The molecule has 1 amide bonds. The summed E-state index contributed by atoms with van der Waals surface area (Å²) in [5, 5.41) is 3.48. The Balaban J connectivity index is 1.33. The third kappa shape index (κ3) is 4.75. The fourth-order valence-corrected chi connectivity index (χ4v) is 3.65. The number of hydrogen-bond acceptors (Lipinski definition) is 5. The Labute approximate surface area is 175 Å². The van der Waals surface area contributed by atoms with Gasteiger partial charge in [-0.15, -0.1) is 0 Å². The summed E-state index contributed by atoms with van der Waals surface area (Å²) in [6.45, 7) is 6.56. The second kappa shape index (κ2) is 9.19. The van der Waals surface area contributed by atoms with Crippen LogP contribution in [0.25, 0.3) is 10.9 Å². The smallest absolute Gasteiger partial charge is 0.261 e. The highest BCUT2D eigenvalue weighted by atomic mass is 16.5. The highest BCUT2D eigenvalue weighted by molar-refractivity contribution is 5.90. The molecule has 2 heterocycles. The minimum Gasteiger partial charge on any atom is -0.379 e. The molecule has 0 bridgehead atoms. The van der Waals surface area contributed by atoms with Crippen molar-refractivity contribution in [2.75, 3.05) is 31.6 Å². The van der Waals surface area contributed by atoms with Crippen LogP contribution < -0.4 is 10.9 Å². The van der Waals surface area contributed by atoms with Crippen molar-refractivity contribution in [1.29, 1.82) is 0 Å². The lowest BCUT2D eigenvalue weighted by Crippen LogP contribution is -2.35. The van der Waals surface area contributed by atoms with Crippen LogP contribution in [0.5, 0.6) is 0 Å². The summed E-state index contributed by atoms with van der Waals surface area (Å²) in [7, 11) is 0. The van der Waals surface area contributed by atoms with Crippen LogP contribution in [0.1, 0.15) is 17.5 Å². The molecule has 156 valence electrons. The van der Waals surface area contributed by atoms with E-state index in [0.29, 0.717) is 10.9 Å². The number of rotatable bonds is 6. The highest BCUT2D eigenvalue weighted by Crippen LogP contribution is 2.14. The molecule has 7 heteroatoms. The summed E-state index contributed by atoms with van der Waals surface area (Å²) in [5.41, 5.74) is 3.51. The number of aromatic nitrogens is 2. The van der Waals surface area contributed by atoms with E-state index in [1.165, 1.54) is 16.5 Å². The van der Waals surface area contributed by atoms with Gasteiger partial charge in [-0.1, -0.05) is 24.3 Å². The van der Waals surface area contributed by atoms with Gasteiger partial charge < -0.3 is 10.1 Å². The standard InChI is InChI=1S/C23H26N4O3/c1-17-3-2-4-20-22(17)24-16-27(23(20)29)10-9-21(28)25-19-7-5-18(6-8-19)15-26-11-13-30-14-12-26/h2-8,16H,9-15H2,1H3,(H,25,28). The van der Waals surface area contributed by atoms with E-state index < -0.39 is 0 Å². The molecule has 0 spiro atoms. The van der Waals surface area contributed by atoms with Crippen LogP contribution in [-0.4, -0.2) is 46.7 Å². The van der Waals surface area contributed by atoms with Crippen molar-refractivity contribution in [3.05, 3.63) is 70.3 Å². The van der Waals surface area contributed by atoms with Gasteiger partial charge >= 0.3 is 0 Å². The van der Waals surface area contributed by atoms with Crippen LogP contribution in [0.15, 0.2) is 53.6 Å². The summed E-state index contributed by atoms with van der Waals surface area (Å²) in [4.78, 5) is 31.7. The molecule has 0 atom stereocenters. The Bertz CT molecular complexity index is 1090. The number of fused-ring (bicyclic) bond motifs is 1. The topological polar surface area (TPSA) is 76.5 Å². The Morgan fingerprint density at radius 2 is 1.90 bits per heavy atom. The average molecular weight is 406 g/mol. The highest BCUT2D eigenvalue weighted by Gasteiger charge is 2.11. The van der Waals surface area contributed by atoms with Gasteiger partial charge in [0.05, 0.1) is 30.4 Å². The number of morpholine rings is 1. The Hall–Kier alpha value is -3.03. The first kappa shape index (κ1) is 20.3. The molecular formula is C23H26N4O3. The summed E-state index contributed by atoms with van der Waals surface area (Å²) in [6, 6.07) is 13.4. The summed E-state index contributed by atoms with van der Waals surface area (Å²) < 4.78 is 6.87. The van der Waals surface area contributed by atoms with E-state index in [1.807, 2.05) is 43.3 Å². The average Bonchev–Trinajstić information content (AvgIpc) is 2.76. The molecule has 0 radical (unpaired) electrons. The van der Waals surface area contributed by atoms with Crippen LogP contribution in [0.3, 0.4) is 0 Å². The molecule has 0 unspecified atom stereocenters. The van der Waals surface area contributed by atoms with Crippen molar-refractivity contribution in [3.8, 4) is 0 Å². The monoisotopic (exact) mass is 406 g/mol. The van der Waals surface area contributed by atoms with Gasteiger partial charge in [0.1, 0.15) is 0 Å². The lowest BCUT2D eigenvalue weighted by molar-refractivity contribution is -0.116. The number of aryl methyl sites for hydroxylation is 2. The third-order valence-corrected chi connectivity index (χ3v) is 5.38. The molecule has 0 aliphatic carbocycles. The van der Waals surface area contributed by atoms with Crippen molar-refractivity contribution in [2.45, 2.75) is 26.4 Å². The summed E-state index contributed by atoms with van der Waals surface area (Å²) in [5.74, 6) is -0.132. The van der Waals surface area contributed by atoms with Crippen LogP contribution in [0, 0.1) is 6.92 Å². The second-order valence-electron chi connectivity index (χ2n) is 7.60. The number of benzene rings is 2. The molecule has 3 aromatic rings. The summed E-state index contributed by atoms with van der Waals surface area (Å²) >= 11 is 0. The van der Waals surface area contributed by atoms with Gasteiger partial charge in [-0.05, 0) is 36.2 Å². The molecular weight excluding hydrogens is 380 g/mol. The number of nitrogens with zero attached hydrogens (tertiary/aromatic N) is 3. The first-order valence-electron chi connectivity index (χ1n) is 10.2. The Kier molecular flexibility index (Phi) is 6.21. The molecule has 4 rings (SSSR count). The van der Waals surface area contributed by atoms with Gasteiger partial charge in [0, 0.05) is 38.3 Å². The number of ether oxygens (including phenoxy) is 1. The molecule has 1 aromatic heterocycles. The summed E-state index contributed by atoms with van der Waals surface area (Å²) in [6.07, 6.45) is 1.72. The molecule has 1 aliphatic heterocycles. The maximum Gasteiger partial charge on any atom is 0.261 e. The van der Waals surface area contributed by atoms with E-state index in [-0.39, 0.29) is 24.4 Å². The molecule has 1 N–H and O–H groups in total. The number of para-hydroxylation sites is 1. The van der Waals surface area contributed by atoms with E-state index in [0.717, 1.165) is 44.1 Å². The van der Waals surface area contributed by atoms with Gasteiger partial charge in [-0.25, -0.2) is 4.98 Å². The van der Waals surface area contributed by atoms with E-state index >= 15 is 0 Å². The van der Waals surface area contributed by atoms with E-state index in [9.17, 15) is 9.59 Å². The second-order valence-corrected chi connectivity index (χ2v) is 7.60. The largest absolute Gasteiger partial charge is 0.379 e. The molecule has 0 saturated carbocycles. The maximum absolute atomic E-state index is 12.6. The van der Waals surface area contributed by atoms with Gasteiger partial charge in [0.15, 0.2) is 0 Å². The number of nitrogens with one attached hydrogen (secondary N) is 1. The van der Waals surface area contributed by atoms with Crippen LogP contribution in [0.2, 0.25) is 0 Å². The predicted molar refractivity (Wildman–Crippen MR) is 117 cm³/mol.